The minimum atomic E-state index is -3.67. The summed E-state index contributed by atoms with van der Waals surface area (Å²) in [4.78, 5) is 4.18. The van der Waals surface area contributed by atoms with E-state index in [1.807, 2.05) is 25.1 Å². The van der Waals surface area contributed by atoms with Crippen LogP contribution in [0.2, 0.25) is 0 Å². The van der Waals surface area contributed by atoms with Gasteiger partial charge in [0.05, 0.1) is 11.5 Å². The first-order valence-corrected chi connectivity index (χ1v) is 9.17. The van der Waals surface area contributed by atoms with Gasteiger partial charge in [0.15, 0.2) is 0 Å². The standard InChI is InChI=1S/C18H18N2O3S/c1-2-11-23-16-8-6-15-13-17(9-7-14(15)12-16)24(21,22)20-18-5-3-4-10-19-18/h3-10,12-13H,2,11H2,1H3,(H,19,20). The normalized spacial score (nSPS) is 11.4. The third-order valence-corrected chi connectivity index (χ3v) is 4.82. The molecule has 0 amide bonds. The summed E-state index contributed by atoms with van der Waals surface area (Å²) in [6, 6.07) is 15.7. The summed E-state index contributed by atoms with van der Waals surface area (Å²) in [7, 11) is -3.67. The Morgan fingerprint density at radius 3 is 2.58 bits per heavy atom. The molecule has 6 heteroatoms. The molecule has 24 heavy (non-hydrogen) atoms. The molecule has 0 unspecified atom stereocenters. The SMILES string of the molecule is CCCOc1ccc2cc(S(=O)(=O)Nc3ccccn3)ccc2c1. The fourth-order valence-corrected chi connectivity index (χ4v) is 3.34. The largest absolute Gasteiger partial charge is 0.494 e. The number of benzene rings is 2. The Kier molecular flexibility index (Phi) is 4.66. The van der Waals surface area contributed by atoms with E-state index in [4.69, 9.17) is 4.74 Å². The van der Waals surface area contributed by atoms with Crippen LogP contribution in [0.25, 0.3) is 10.8 Å². The predicted octanol–water partition coefficient (Wildman–Crippen LogP) is 3.82. The first-order chi connectivity index (χ1) is 11.6. The lowest BCUT2D eigenvalue weighted by molar-refractivity contribution is 0.318. The molecule has 0 saturated heterocycles. The highest BCUT2D eigenvalue weighted by Crippen LogP contribution is 2.24. The summed E-state index contributed by atoms with van der Waals surface area (Å²) in [6.07, 6.45) is 2.48. The Labute approximate surface area is 141 Å². The Bertz CT molecular complexity index is 941. The molecule has 0 aliphatic carbocycles. The zero-order valence-electron chi connectivity index (χ0n) is 13.3. The van der Waals surface area contributed by atoms with Crippen molar-refractivity contribution in [1.29, 1.82) is 0 Å². The molecule has 1 N–H and O–H groups in total. The number of ether oxygens (including phenoxy) is 1. The third-order valence-electron chi connectivity index (χ3n) is 3.47. The lowest BCUT2D eigenvalue weighted by atomic mass is 10.1. The number of rotatable bonds is 6. The second-order valence-electron chi connectivity index (χ2n) is 5.34. The molecule has 2 aromatic carbocycles. The van der Waals surface area contributed by atoms with E-state index >= 15 is 0 Å². The van der Waals surface area contributed by atoms with Crippen molar-refractivity contribution in [3.8, 4) is 5.75 Å². The fourth-order valence-electron chi connectivity index (χ4n) is 2.30. The van der Waals surface area contributed by atoms with Crippen molar-refractivity contribution >= 4 is 26.6 Å². The van der Waals surface area contributed by atoms with Gasteiger partial charge in [-0.05, 0) is 53.6 Å². The van der Waals surface area contributed by atoms with Crippen LogP contribution < -0.4 is 9.46 Å². The van der Waals surface area contributed by atoms with Crippen LogP contribution in [0.5, 0.6) is 5.75 Å². The van der Waals surface area contributed by atoms with Crippen molar-refractivity contribution in [1.82, 2.24) is 4.98 Å². The number of fused-ring (bicyclic) bond motifs is 1. The van der Waals surface area contributed by atoms with E-state index in [1.165, 1.54) is 6.20 Å². The number of sulfonamides is 1. The van der Waals surface area contributed by atoms with Crippen molar-refractivity contribution in [3.05, 3.63) is 60.8 Å². The van der Waals surface area contributed by atoms with Gasteiger partial charge in [-0.25, -0.2) is 13.4 Å². The Balaban J connectivity index is 1.89. The van der Waals surface area contributed by atoms with E-state index in [1.54, 1.807) is 36.4 Å². The smallest absolute Gasteiger partial charge is 0.263 e. The van der Waals surface area contributed by atoms with Gasteiger partial charge in [0.2, 0.25) is 0 Å². The average molecular weight is 342 g/mol. The first-order valence-electron chi connectivity index (χ1n) is 7.69. The summed E-state index contributed by atoms with van der Waals surface area (Å²) < 4.78 is 33.0. The molecular weight excluding hydrogens is 324 g/mol. The Morgan fingerprint density at radius 2 is 1.83 bits per heavy atom. The number of pyridine rings is 1. The number of nitrogens with zero attached hydrogens (tertiary/aromatic N) is 1. The highest BCUT2D eigenvalue weighted by atomic mass is 32.2. The summed E-state index contributed by atoms with van der Waals surface area (Å²) in [5, 5.41) is 1.77. The minimum absolute atomic E-state index is 0.197. The lowest BCUT2D eigenvalue weighted by Crippen LogP contribution is -2.13. The summed E-state index contributed by atoms with van der Waals surface area (Å²) >= 11 is 0. The predicted molar refractivity (Wildman–Crippen MR) is 94.8 cm³/mol. The van der Waals surface area contributed by atoms with Gasteiger partial charge in [-0.3, -0.25) is 4.72 Å². The van der Waals surface area contributed by atoms with Crippen LogP contribution in [0.4, 0.5) is 5.82 Å². The summed E-state index contributed by atoms with van der Waals surface area (Å²) in [5.74, 6) is 1.08. The van der Waals surface area contributed by atoms with Crippen LogP contribution in [-0.2, 0) is 10.0 Å². The number of anilines is 1. The molecule has 0 aliphatic rings. The third kappa shape index (κ3) is 3.65. The first kappa shape index (κ1) is 16.3. The molecule has 0 fully saturated rings. The number of hydrogen-bond acceptors (Lipinski definition) is 4. The van der Waals surface area contributed by atoms with E-state index in [9.17, 15) is 8.42 Å². The van der Waals surface area contributed by atoms with Gasteiger partial charge in [-0.2, -0.15) is 0 Å². The van der Waals surface area contributed by atoms with Gasteiger partial charge in [-0.15, -0.1) is 0 Å². The number of aromatic nitrogens is 1. The van der Waals surface area contributed by atoms with Crippen molar-refractivity contribution in [3.63, 3.8) is 0 Å². The average Bonchev–Trinajstić information content (AvgIpc) is 2.60. The molecule has 0 aliphatic heterocycles. The molecule has 3 aromatic rings. The van der Waals surface area contributed by atoms with Crippen LogP contribution in [0.3, 0.4) is 0 Å². The maximum atomic E-state index is 12.5. The van der Waals surface area contributed by atoms with Crippen molar-refractivity contribution in [2.45, 2.75) is 18.2 Å². The van der Waals surface area contributed by atoms with Crippen molar-refractivity contribution < 1.29 is 13.2 Å². The maximum Gasteiger partial charge on any atom is 0.263 e. The molecule has 5 nitrogen and oxygen atoms in total. The quantitative estimate of drug-likeness (QED) is 0.739. The van der Waals surface area contributed by atoms with Crippen LogP contribution in [0.1, 0.15) is 13.3 Å². The molecule has 3 rings (SSSR count). The molecule has 0 atom stereocenters. The van der Waals surface area contributed by atoms with E-state index in [-0.39, 0.29) is 4.90 Å². The molecular formula is C18H18N2O3S. The molecule has 124 valence electrons. The molecule has 0 radical (unpaired) electrons. The second kappa shape index (κ2) is 6.88. The lowest BCUT2D eigenvalue weighted by Gasteiger charge is -2.09. The Hall–Kier alpha value is -2.60. The van der Waals surface area contributed by atoms with Crippen LogP contribution in [-0.4, -0.2) is 20.0 Å². The number of hydrogen-bond donors (Lipinski definition) is 1. The van der Waals surface area contributed by atoms with Crippen molar-refractivity contribution in [2.24, 2.45) is 0 Å². The van der Waals surface area contributed by atoms with E-state index in [2.05, 4.69) is 9.71 Å². The van der Waals surface area contributed by atoms with Crippen molar-refractivity contribution in [2.75, 3.05) is 11.3 Å². The molecule has 0 bridgehead atoms. The summed E-state index contributed by atoms with van der Waals surface area (Å²) in [6.45, 7) is 2.71. The zero-order chi connectivity index (χ0) is 17.0. The fraction of sp³-hybridized carbons (Fsp3) is 0.167. The molecule has 1 heterocycles. The molecule has 0 saturated carbocycles. The highest BCUT2D eigenvalue weighted by Gasteiger charge is 2.15. The van der Waals surface area contributed by atoms with Gasteiger partial charge in [0.1, 0.15) is 11.6 Å². The van der Waals surface area contributed by atoms with Gasteiger partial charge in [0.25, 0.3) is 10.0 Å². The van der Waals surface area contributed by atoms with Gasteiger partial charge in [0, 0.05) is 6.20 Å². The maximum absolute atomic E-state index is 12.5. The Morgan fingerprint density at radius 1 is 1.04 bits per heavy atom. The highest BCUT2D eigenvalue weighted by molar-refractivity contribution is 7.92. The monoisotopic (exact) mass is 342 g/mol. The van der Waals surface area contributed by atoms with Crippen LogP contribution in [0.15, 0.2) is 65.7 Å². The van der Waals surface area contributed by atoms with Crippen LogP contribution >= 0.6 is 0 Å². The van der Waals surface area contributed by atoms with Crippen LogP contribution in [0, 0.1) is 0 Å². The van der Waals surface area contributed by atoms with E-state index in [0.29, 0.717) is 12.4 Å². The van der Waals surface area contributed by atoms with E-state index in [0.717, 1.165) is 22.9 Å². The van der Waals surface area contributed by atoms with Gasteiger partial charge in [-0.1, -0.05) is 25.1 Å². The molecule has 0 spiro atoms. The topological polar surface area (TPSA) is 68.3 Å². The van der Waals surface area contributed by atoms with Gasteiger partial charge < -0.3 is 4.74 Å². The van der Waals surface area contributed by atoms with E-state index < -0.39 is 10.0 Å². The number of nitrogens with one attached hydrogen (secondary N) is 1. The zero-order valence-corrected chi connectivity index (χ0v) is 14.1. The van der Waals surface area contributed by atoms with Gasteiger partial charge >= 0.3 is 0 Å². The molecule has 1 aromatic heterocycles. The minimum Gasteiger partial charge on any atom is -0.494 e. The summed E-state index contributed by atoms with van der Waals surface area (Å²) in [5.41, 5.74) is 0. The second-order valence-corrected chi connectivity index (χ2v) is 7.02.